The summed E-state index contributed by atoms with van der Waals surface area (Å²) >= 11 is 0. The molecule has 0 aromatic heterocycles. The lowest BCUT2D eigenvalue weighted by atomic mass is 9.87. The van der Waals surface area contributed by atoms with E-state index in [4.69, 9.17) is 14.2 Å². The van der Waals surface area contributed by atoms with Gasteiger partial charge in [-0.2, -0.15) is 4.31 Å². The molecule has 10 nitrogen and oxygen atoms in total. The van der Waals surface area contributed by atoms with Gasteiger partial charge in [0.25, 0.3) is 5.91 Å². The Morgan fingerprint density at radius 1 is 0.977 bits per heavy atom. The maximum atomic E-state index is 13.6. The van der Waals surface area contributed by atoms with Gasteiger partial charge in [0.15, 0.2) is 0 Å². The van der Waals surface area contributed by atoms with Gasteiger partial charge in [-0.1, -0.05) is 29.8 Å². The second kappa shape index (κ2) is 11.7. The molecule has 0 bridgehead atoms. The van der Waals surface area contributed by atoms with E-state index in [1.807, 2.05) is 52.8 Å². The van der Waals surface area contributed by atoms with Crippen molar-refractivity contribution in [1.29, 1.82) is 0 Å². The smallest absolute Gasteiger partial charge is 0.410 e. The normalized spacial score (nSPS) is 24.3. The number of nitrogens with zero attached hydrogens (tertiary/aromatic N) is 3. The van der Waals surface area contributed by atoms with Crippen LogP contribution in [-0.4, -0.2) is 97.7 Å². The minimum absolute atomic E-state index is 0.0604. The number of hydrogen-bond donors (Lipinski definition) is 0. The van der Waals surface area contributed by atoms with Crippen molar-refractivity contribution in [3.05, 3.63) is 64.7 Å². The highest BCUT2D eigenvalue weighted by molar-refractivity contribution is 7.88. The molecule has 3 aliphatic heterocycles. The van der Waals surface area contributed by atoms with Gasteiger partial charge < -0.3 is 24.0 Å². The fourth-order valence-corrected chi connectivity index (χ4v) is 8.21. The summed E-state index contributed by atoms with van der Waals surface area (Å²) < 4.78 is 46.2. The molecule has 2 aromatic rings. The standard InChI is InChI=1S/C32H43N3O7S/c1-22-10-11-23(2)26(16-22)29(36)34-18-27(40-6)28(19-34)41-25-9-7-8-24(17-25)20-43(38,39)35-15-13-32(35)12-14-33(21-32)30(37)42-31(3,4)5/h7-11,16-17,27-28H,12-15,18-21H2,1-6H3. The van der Waals surface area contributed by atoms with E-state index < -0.39 is 33.4 Å². The van der Waals surface area contributed by atoms with Crippen molar-refractivity contribution < 1.29 is 32.2 Å². The molecule has 234 valence electrons. The maximum absolute atomic E-state index is 13.6. The van der Waals surface area contributed by atoms with Gasteiger partial charge in [0.1, 0.15) is 23.6 Å². The zero-order valence-electron chi connectivity index (χ0n) is 26.0. The summed E-state index contributed by atoms with van der Waals surface area (Å²) in [5.41, 5.74) is 2.03. The molecule has 3 saturated heterocycles. The number of hydrogen-bond acceptors (Lipinski definition) is 7. The first-order valence-corrected chi connectivity index (χ1v) is 16.4. The molecule has 3 aliphatic rings. The van der Waals surface area contributed by atoms with E-state index in [1.165, 1.54) is 0 Å². The monoisotopic (exact) mass is 613 g/mol. The van der Waals surface area contributed by atoms with E-state index >= 15 is 0 Å². The number of benzene rings is 2. The molecule has 43 heavy (non-hydrogen) atoms. The van der Waals surface area contributed by atoms with Crippen molar-refractivity contribution in [2.75, 3.05) is 39.8 Å². The molecule has 11 heteroatoms. The van der Waals surface area contributed by atoms with E-state index in [2.05, 4.69) is 0 Å². The molecular weight excluding hydrogens is 570 g/mol. The first kappa shape index (κ1) is 31.3. The van der Waals surface area contributed by atoms with Crippen LogP contribution in [0.25, 0.3) is 0 Å². The molecule has 0 aliphatic carbocycles. The van der Waals surface area contributed by atoms with E-state index in [1.54, 1.807) is 45.5 Å². The number of carbonyl (C=O) groups excluding carboxylic acids is 2. The Balaban J connectivity index is 1.23. The topological polar surface area (TPSA) is 106 Å². The van der Waals surface area contributed by atoms with Gasteiger partial charge in [0.05, 0.1) is 24.4 Å². The Morgan fingerprint density at radius 2 is 1.70 bits per heavy atom. The summed E-state index contributed by atoms with van der Waals surface area (Å²) in [4.78, 5) is 29.3. The molecule has 1 spiro atoms. The van der Waals surface area contributed by atoms with Gasteiger partial charge in [-0.15, -0.1) is 0 Å². The molecule has 3 unspecified atom stereocenters. The van der Waals surface area contributed by atoms with Gasteiger partial charge in [0, 0.05) is 32.3 Å². The van der Waals surface area contributed by atoms with Gasteiger partial charge >= 0.3 is 6.09 Å². The second-order valence-corrected chi connectivity index (χ2v) is 15.0. The lowest BCUT2D eigenvalue weighted by Crippen LogP contribution is -2.63. The third kappa shape index (κ3) is 6.68. The molecule has 2 amide bonds. The number of carbonyl (C=O) groups is 2. The minimum atomic E-state index is -3.65. The highest BCUT2D eigenvalue weighted by Gasteiger charge is 2.55. The van der Waals surface area contributed by atoms with Crippen molar-refractivity contribution in [3.8, 4) is 5.75 Å². The number of methoxy groups -OCH3 is 1. The van der Waals surface area contributed by atoms with E-state index in [-0.39, 0.29) is 17.8 Å². The molecule has 5 rings (SSSR count). The highest BCUT2D eigenvalue weighted by atomic mass is 32.2. The van der Waals surface area contributed by atoms with Gasteiger partial charge in [-0.25, -0.2) is 13.2 Å². The van der Waals surface area contributed by atoms with Crippen LogP contribution in [0.5, 0.6) is 5.75 Å². The molecule has 2 aromatic carbocycles. The first-order valence-electron chi connectivity index (χ1n) is 14.8. The average Bonchev–Trinajstić information content (AvgIpc) is 3.54. The Morgan fingerprint density at radius 3 is 2.37 bits per heavy atom. The Hall–Kier alpha value is -3.15. The third-order valence-electron chi connectivity index (χ3n) is 8.59. The van der Waals surface area contributed by atoms with Gasteiger partial charge in [-0.3, -0.25) is 4.79 Å². The zero-order chi connectivity index (χ0) is 31.2. The molecule has 0 radical (unpaired) electrons. The van der Waals surface area contributed by atoms with Crippen molar-refractivity contribution in [2.45, 2.75) is 76.6 Å². The predicted molar refractivity (Wildman–Crippen MR) is 163 cm³/mol. The number of rotatable bonds is 7. The fraction of sp³-hybridized carbons (Fsp3) is 0.562. The summed E-state index contributed by atoms with van der Waals surface area (Å²) in [5, 5.41) is 0. The summed E-state index contributed by atoms with van der Waals surface area (Å²) in [6.45, 7) is 11.3. The van der Waals surface area contributed by atoms with E-state index in [0.29, 0.717) is 62.4 Å². The largest absolute Gasteiger partial charge is 0.486 e. The SMILES string of the molecule is COC1CN(C(=O)c2cc(C)ccc2C)CC1Oc1cccc(CS(=O)(=O)N2CCC23CCN(C(=O)OC(C)(C)C)C3)c1. The van der Waals surface area contributed by atoms with Crippen molar-refractivity contribution in [1.82, 2.24) is 14.1 Å². The molecule has 0 N–H and O–H groups in total. The van der Waals surface area contributed by atoms with Crippen LogP contribution in [0.1, 0.15) is 60.7 Å². The summed E-state index contributed by atoms with van der Waals surface area (Å²) in [6.07, 6.45) is 0.173. The van der Waals surface area contributed by atoms with Gasteiger partial charge in [-0.05, 0) is 76.8 Å². The molecular formula is C32H43N3O7S. The Bertz CT molecular complexity index is 1490. The third-order valence-corrected chi connectivity index (χ3v) is 10.5. The average molecular weight is 614 g/mol. The minimum Gasteiger partial charge on any atom is -0.486 e. The predicted octanol–water partition coefficient (Wildman–Crippen LogP) is 4.14. The fourth-order valence-electron chi connectivity index (χ4n) is 6.26. The molecule has 3 heterocycles. The van der Waals surface area contributed by atoms with Crippen LogP contribution in [-0.2, 0) is 25.2 Å². The van der Waals surface area contributed by atoms with E-state index in [0.717, 1.165) is 11.1 Å². The van der Waals surface area contributed by atoms with Crippen molar-refractivity contribution in [2.24, 2.45) is 0 Å². The molecule has 0 saturated carbocycles. The zero-order valence-corrected chi connectivity index (χ0v) is 26.8. The van der Waals surface area contributed by atoms with Crippen LogP contribution >= 0.6 is 0 Å². The first-order chi connectivity index (χ1) is 20.2. The lowest BCUT2D eigenvalue weighted by Gasteiger charge is -2.49. The highest BCUT2D eigenvalue weighted by Crippen LogP contribution is 2.42. The van der Waals surface area contributed by atoms with Gasteiger partial charge in [0.2, 0.25) is 10.0 Å². The van der Waals surface area contributed by atoms with Crippen LogP contribution < -0.4 is 4.74 Å². The number of sulfonamides is 1. The van der Waals surface area contributed by atoms with Crippen LogP contribution in [0.3, 0.4) is 0 Å². The number of ether oxygens (including phenoxy) is 3. The lowest BCUT2D eigenvalue weighted by molar-refractivity contribution is 0.0212. The second-order valence-electron chi connectivity index (χ2n) is 13.1. The maximum Gasteiger partial charge on any atom is 0.410 e. The quantitative estimate of drug-likeness (QED) is 0.462. The molecule has 3 fully saturated rings. The summed E-state index contributed by atoms with van der Waals surface area (Å²) in [6, 6.07) is 12.9. The Labute approximate surface area is 254 Å². The van der Waals surface area contributed by atoms with Crippen LogP contribution in [0.4, 0.5) is 4.79 Å². The van der Waals surface area contributed by atoms with Crippen molar-refractivity contribution >= 4 is 22.0 Å². The van der Waals surface area contributed by atoms with Crippen LogP contribution in [0, 0.1) is 13.8 Å². The number of aryl methyl sites for hydroxylation is 2. The number of amides is 2. The van der Waals surface area contributed by atoms with Crippen LogP contribution in [0.2, 0.25) is 0 Å². The summed E-state index contributed by atoms with van der Waals surface area (Å²) in [7, 11) is -2.05. The number of likely N-dealkylation sites (tertiary alicyclic amines) is 2. The van der Waals surface area contributed by atoms with Crippen LogP contribution in [0.15, 0.2) is 42.5 Å². The summed E-state index contributed by atoms with van der Waals surface area (Å²) in [5.74, 6) is 0.291. The Kier molecular flexibility index (Phi) is 8.54. The molecule has 3 atom stereocenters. The van der Waals surface area contributed by atoms with Crippen molar-refractivity contribution in [3.63, 3.8) is 0 Å². The van der Waals surface area contributed by atoms with E-state index in [9.17, 15) is 18.0 Å².